The molecule has 8 atom stereocenters. The zero-order chi connectivity index (χ0) is 49.4. The van der Waals surface area contributed by atoms with Crippen molar-refractivity contribution in [3.63, 3.8) is 0 Å². The Hall–Kier alpha value is -6.58. The number of aliphatic carboxylic acids is 2. The number of hydrogen-bond acceptors (Lipinski definition) is 12. The van der Waals surface area contributed by atoms with E-state index in [0.717, 1.165) is 16.5 Å². The van der Waals surface area contributed by atoms with E-state index in [1.165, 1.54) is 36.1 Å². The molecule has 0 saturated carbocycles. The summed E-state index contributed by atoms with van der Waals surface area (Å²) in [6, 6.07) is 3.99. The molecule has 1 saturated heterocycles. The average molecular weight is 936 g/mol. The Morgan fingerprint density at radius 3 is 2.03 bits per heavy atom. The maximum absolute atomic E-state index is 14.3. The number of carboxylic acid groups (broad SMARTS) is 2. The number of aliphatic hydroxyl groups excluding tert-OH is 1. The number of phenols is 1. The van der Waals surface area contributed by atoms with Crippen molar-refractivity contribution in [2.75, 3.05) is 13.1 Å². The lowest BCUT2D eigenvalue weighted by Gasteiger charge is -2.29. The fraction of sp³-hybridized carbons (Fsp3) is 0.522. The van der Waals surface area contributed by atoms with Gasteiger partial charge in [-0.2, -0.15) is 0 Å². The Kier molecular flexibility index (Phi) is 20.1. The van der Waals surface area contributed by atoms with Crippen LogP contribution in [-0.4, -0.2) is 139 Å². The van der Waals surface area contributed by atoms with Crippen LogP contribution in [0, 0.1) is 5.92 Å². The van der Waals surface area contributed by atoms with Crippen LogP contribution in [0.5, 0.6) is 5.75 Å². The van der Waals surface area contributed by atoms with Gasteiger partial charge < -0.3 is 68.4 Å². The van der Waals surface area contributed by atoms with Crippen LogP contribution in [0.3, 0.4) is 0 Å². The minimum absolute atomic E-state index is 0.0385. The van der Waals surface area contributed by atoms with Gasteiger partial charge in [-0.15, -0.1) is 0 Å². The molecule has 3 aromatic rings. The van der Waals surface area contributed by atoms with Crippen LogP contribution < -0.4 is 38.1 Å². The van der Waals surface area contributed by atoms with Gasteiger partial charge in [-0.25, -0.2) is 4.79 Å². The molecular formula is C46H65N9O12. The number of H-pyrrole nitrogens is 1. The predicted molar refractivity (Wildman–Crippen MR) is 245 cm³/mol. The van der Waals surface area contributed by atoms with Gasteiger partial charge in [0.15, 0.2) is 6.04 Å². The van der Waals surface area contributed by atoms with Gasteiger partial charge in [0.25, 0.3) is 0 Å². The number of para-hydroxylation sites is 1. The molecular weight excluding hydrogens is 871 g/mol. The Labute approximate surface area is 388 Å². The Bertz CT molecular complexity index is 2200. The number of fused-ring (bicyclic) bond motifs is 1. The van der Waals surface area contributed by atoms with E-state index in [0.29, 0.717) is 24.8 Å². The molecule has 14 N–H and O–H groups in total. The van der Waals surface area contributed by atoms with Gasteiger partial charge in [-0.05, 0) is 100 Å². The highest BCUT2D eigenvalue weighted by Crippen LogP contribution is 2.23. The minimum atomic E-state index is -1.68. The van der Waals surface area contributed by atoms with Crippen LogP contribution >= 0.6 is 0 Å². The van der Waals surface area contributed by atoms with Gasteiger partial charge in [-0.1, -0.05) is 44.2 Å². The second-order valence-corrected chi connectivity index (χ2v) is 17.4. The number of benzene rings is 2. The lowest BCUT2D eigenvalue weighted by Crippen LogP contribution is -2.60. The van der Waals surface area contributed by atoms with Gasteiger partial charge in [0.05, 0.1) is 12.1 Å². The summed E-state index contributed by atoms with van der Waals surface area (Å²) in [5.41, 5.74) is 14.2. The first-order chi connectivity index (χ1) is 31.8. The number of carbonyl (C=O) groups is 8. The van der Waals surface area contributed by atoms with E-state index >= 15 is 0 Å². The number of nitrogens with two attached hydrogens (primary N) is 2. The molecule has 4 rings (SSSR count). The second kappa shape index (κ2) is 25.4. The molecule has 2 aromatic carbocycles. The van der Waals surface area contributed by atoms with E-state index in [4.69, 9.17) is 11.5 Å². The van der Waals surface area contributed by atoms with Crippen molar-refractivity contribution in [1.29, 1.82) is 0 Å². The van der Waals surface area contributed by atoms with Crippen molar-refractivity contribution in [3.8, 4) is 5.75 Å². The maximum Gasteiger partial charge on any atom is 0.328 e. The van der Waals surface area contributed by atoms with Crippen LogP contribution in [0.1, 0.15) is 83.3 Å². The van der Waals surface area contributed by atoms with Crippen molar-refractivity contribution in [1.82, 2.24) is 36.5 Å². The number of aromatic hydroxyl groups is 1. The molecule has 0 radical (unpaired) electrons. The molecule has 6 amide bonds. The Morgan fingerprint density at radius 2 is 1.39 bits per heavy atom. The number of hydrogen-bond donors (Lipinski definition) is 12. The largest absolute Gasteiger partial charge is 0.508 e. The number of nitrogens with one attached hydrogen (secondary N) is 6. The highest BCUT2D eigenvalue weighted by atomic mass is 16.4. The first-order valence-electron chi connectivity index (χ1n) is 22.5. The standard InChI is InChI=1S/C46H65N9O12/c1-25(2)21-35(42(62)50-33(11-6-7-19-47)41(61)54-39(26(3)56)46(66)67)52-43(63)36(22-27-13-15-29(57)16-14-27)53-40(60)34(17-18-38(58)59)51-44(64)37-12-8-20-55(37)45(65)31(48)23-28-24-49-32-10-5-4-9-30(28)32/h4-5,9-10,13-16,24-26,31,33-37,39,49,56-57H,6-8,11-12,17-23,47-48H2,1-3H3,(H,50,62)(H,51,64)(H,52,63)(H,53,60)(H,54,61)(H,58,59)(H,66,67)/t26-,31+,33+,34+,35+,36+,37+,39+/m1/s1. The summed E-state index contributed by atoms with van der Waals surface area (Å²) in [4.78, 5) is 111. The monoisotopic (exact) mass is 935 g/mol. The number of unbranched alkanes of at least 4 members (excludes halogenated alkanes) is 1. The van der Waals surface area contributed by atoms with Gasteiger partial charge in [0, 0.05) is 36.5 Å². The number of carbonyl (C=O) groups excluding carboxylic acids is 6. The fourth-order valence-electron chi connectivity index (χ4n) is 7.95. The normalized spacial score (nSPS) is 16.8. The molecule has 21 nitrogen and oxygen atoms in total. The van der Waals surface area contributed by atoms with Crippen LogP contribution in [-0.2, 0) is 51.2 Å². The predicted octanol–water partition coefficient (Wildman–Crippen LogP) is -0.0937. The summed E-state index contributed by atoms with van der Waals surface area (Å²) in [5, 5.41) is 52.7. The first-order valence-corrected chi connectivity index (χ1v) is 22.5. The average Bonchev–Trinajstić information content (AvgIpc) is 3.94. The molecule has 1 fully saturated rings. The summed E-state index contributed by atoms with van der Waals surface area (Å²) in [7, 11) is 0. The van der Waals surface area contributed by atoms with Gasteiger partial charge >= 0.3 is 11.9 Å². The lowest BCUT2D eigenvalue weighted by molar-refractivity contribution is -0.145. The highest BCUT2D eigenvalue weighted by molar-refractivity contribution is 5.97. The zero-order valence-electron chi connectivity index (χ0n) is 38.0. The van der Waals surface area contributed by atoms with Crippen molar-refractivity contribution in [3.05, 3.63) is 65.9 Å². The zero-order valence-corrected chi connectivity index (χ0v) is 38.0. The molecule has 0 bridgehead atoms. The fourth-order valence-corrected chi connectivity index (χ4v) is 7.95. The number of aromatic nitrogens is 1. The number of rotatable bonds is 26. The molecule has 2 heterocycles. The van der Waals surface area contributed by atoms with E-state index in [1.807, 2.05) is 24.3 Å². The van der Waals surface area contributed by atoms with Gasteiger partial charge in [0.2, 0.25) is 35.4 Å². The van der Waals surface area contributed by atoms with Crippen LogP contribution in [0.25, 0.3) is 10.9 Å². The smallest absolute Gasteiger partial charge is 0.328 e. The Morgan fingerprint density at radius 1 is 0.776 bits per heavy atom. The number of amides is 6. The Balaban J connectivity index is 1.55. The van der Waals surface area contributed by atoms with E-state index in [2.05, 4.69) is 31.6 Å². The van der Waals surface area contributed by atoms with Crippen LogP contribution in [0.4, 0.5) is 0 Å². The third kappa shape index (κ3) is 15.8. The topological polar surface area (TPSA) is 349 Å². The number of aliphatic hydroxyl groups is 1. The van der Waals surface area contributed by atoms with Crippen LogP contribution in [0.2, 0.25) is 0 Å². The van der Waals surface area contributed by atoms with Gasteiger partial charge in [0.1, 0.15) is 36.0 Å². The van der Waals surface area contributed by atoms with E-state index in [1.54, 1.807) is 20.0 Å². The lowest BCUT2D eigenvalue weighted by atomic mass is 9.99. The third-order valence-electron chi connectivity index (χ3n) is 11.5. The molecule has 1 aliphatic heterocycles. The molecule has 366 valence electrons. The second-order valence-electron chi connectivity index (χ2n) is 17.4. The third-order valence-corrected chi connectivity index (χ3v) is 11.5. The summed E-state index contributed by atoms with van der Waals surface area (Å²) >= 11 is 0. The summed E-state index contributed by atoms with van der Waals surface area (Å²) in [6.45, 7) is 5.23. The number of likely N-dealkylation sites (tertiary alicyclic amines) is 1. The summed E-state index contributed by atoms with van der Waals surface area (Å²) in [6.07, 6.45) is 0.932. The first kappa shape index (κ1) is 53.0. The molecule has 1 aromatic heterocycles. The van der Waals surface area contributed by atoms with Crippen molar-refractivity contribution in [2.24, 2.45) is 17.4 Å². The number of aromatic amines is 1. The van der Waals surface area contributed by atoms with Crippen molar-refractivity contribution >= 4 is 58.3 Å². The SMILES string of the molecule is CC(C)C[C@H](NC(=O)[C@H](Cc1ccc(O)cc1)NC(=O)[C@H](CCC(=O)O)NC(=O)[C@@H]1CCCN1C(=O)[C@@H](N)Cc1c[nH]c2ccccc12)C(=O)N[C@@H](CCCCN)C(=O)N[C@H](C(=O)O)[C@@H](C)O. The highest BCUT2D eigenvalue weighted by Gasteiger charge is 2.39. The molecule has 0 unspecified atom stereocenters. The van der Waals surface area contributed by atoms with E-state index < -0.39 is 109 Å². The molecule has 0 aliphatic carbocycles. The number of phenolic OH excluding ortho intramolecular Hbond substituents is 1. The van der Waals surface area contributed by atoms with E-state index in [9.17, 15) is 58.8 Å². The molecule has 21 heteroatoms. The number of nitrogens with zero attached hydrogens (tertiary/aromatic N) is 1. The summed E-state index contributed by atoms with van der Waals surface area (Å²) < 4.78 is 0. The number of carboxylic acids is 2. The maximum atomic E-state index is 14.3. The van der Waals surface area contributed by atoms with Crippen LogP contribution in [0.15, 0.2) is 54.7 Å². The van der Waals surface area contributed by atoms with Crippen molar-refractivity contribution in [2.45, 2.75) is 133 Å². The van der Waals surface area contributed by atoms with Gasteiger partial charge in [-0.3, -0.25) is 33.6 Å². The minimum Gasteiger partial charge on any atom is -0.508 e. The molecule has 0 spiro atoms. The molecule has 1 aliphatic rings. The summed E-state index contributed by atoms with van der Waals surface area (Å²) in [5.74, 6) is -7.77. The quantitative estimate of drug-likeness (QED) is 0.0468. The molecule has 67 heavy (non-hydrogen) atoms. The van der Waals surface area contributed by atoms with Crippen molar-refractivity contribution < 1.29 is 58.8 Å². The van der Waals surface area contributed by atoms with E-state index in [-0.39, 0.29) is 56.9 Å².